The van der Waals surface area contributed by atoms with Gasteiger partial charge < -0.3 is 10.1 Å². The van der Waals surface area contributed by atoms with E-state index in [2.05, 4.69) is 5.32 Å². The molecule has 5 nitrogen and oxygen atoms in total. The van der Waals surface area contributed by atoms with E-state index in [0.717, 1.165) is 21.5 Å². The summed E-state index contributed by atoms with van der Waals surface area (Å²) in [5.41, 5.74) is 2.82. The number of carbonyl (C=O) groups is 2. The number of hydrogen-bond donors (Lipinski definition) is 1. The lowest BCUT2D eigenvalue weighted by Crippen LogP contribution is -2.19. The number of hydrogen-bond acceptors (Lipinski definition) is 5. The average molecular weight is 443 g/mol. The monoisotopic (exact) mass is 442 g/mol. The standard InChI is InChI=1S/C26H22N2O3S/c1-2-31-26(30)20-12-15-21(16-13-20)27-25(29)24(19-9-4-3-5-10-19)32-23-17-14-18-8-6-7-11-22(18)28-23/h3-17,24H,2H2,1H3,(H,27,29)/t24-/m0/s1. The van der Waals surface area contributed by atoms with Crippen LogP contribution in [0.5, 0.6) is 0 Å². The van der Waals surface area contributed by atoms with E-state index in [-0.39, 0.29) is 11.9 Å². The lowest BCUT2D eigenvalue weighted by atomic mass is 10.1. The van der Waals surface area contributed by atoms with E-state index in [1.165, 1.54) is 11.8 Å². The first-order valence-electron chi connectivity index (χ1n) is 10.3. The quantitative estimate of drug-likeness (QED) is 0.286. The summed E-state index contributed by atoms with van der Waals surface area (Å²) in [5, 5.41) is 4.29. The summed E-state index contributed by atoms with van der Waals surface area (Å²) >= 11 is 1.40. The Bertz CT molecular complexity index is 1230. The number of aromatic nitrogens is 1. The summed E-state index contributed by atoms with van der Waals surface area (Å²) in [6, 6.07) is 28.1. The Balaban J connectivity index is 1.56. The van der Waals surface area contributed by atoms with E-state index in [9.17, 15) is 9.59 Å². The lowest BCUT2D eigenvalue weighted by Gasteiger charge is -2.17. The van der Waals surface area contributed by atoms with E-state index in [1.54, 1.807) is 31.2 Å². The van der Waals surface area contributed by atoms with Crippen molar-refractivity contribution in [1.82, 2.24) is 4.98 Å². The molecule has 0 aliphatic rings. The molecule has 0 spiro atoms. The van der Waals surface area contributed by atoms with Gasteiger partial charge in [0, 0.05) is 11.1 Å². The molecular weight excluding hydrogens is 420 g/mol. The summed E-state index contributed by atoms with van der Waals surface area (Å²) in [5.74, 6) is -0.550. The number of ether oxygens (including phenoxy) is 1. The predicted octanol–water partition coefficient (Wildman–Crippen LogP) is 5.88. The summed E-state index contributed by atoms with van der Waals surface area (Å²) < 4.78 is 5.01. The van der Waals surface area contributed by atoms with Gasteiger partial charge in [-0.3, -0.25) is 4.79 Å². The zero-order chi connectivity index (χ0) is 22.3. The van der Waals surface area contributed by atoms with E-state index in [0.29, 0.717) is 17.9 Å². The summed E-state index contributed by atoms with van der Waals surface area (Å²) in [4.78, 5) is 29.8. The molecule has 6 heteroatoms. The van der Waals surface area contributed by atoms with Gasteiger partial charge in [0.15, 0.2) is 0 Å². The van der Waals surface area contributed by atoms with Crippen LogP contribution in [0.3, 0.4) is 0 Å². The first-order chi connectivity index (χ1) is 15.6. The fourth-order valence-corrected chi connectivity index (χ4v) is 4.24. The topological polar surface area (TPSA) is 68.3 Å². The van der Waals surface area contributed by atoms with Crippen molar-refractivity contribution in [3.05, 3.63) is 102 Å². The molecule has 4 rings (SSSR count). The molecule has 0 unspecified atom stereocenters. The fourth-order valence-electron chi connectivity index (χ4n) is 3.25. The third-order valence-electron chi connectivity index (χ3n) is 4.82. The number of nitrogens with one attached hydrogen (secondary N) is 1. The van der Waals surface area contributed by atoms with E-state index >= 15 is 0 Å². The number of para-hydroxylation sites is 1. The first kappa shape index (κ1) is 21.6. The van der Waals surface area contributed by atoms with Crippen molar-refractivity contribution in [3.63, 3.8) is 0 Å². The maximum Gasteiger partial charge on any atom is 0.338 e. The summed E-state index contributed by atoms with van der Waals surface area (Å²) in [6.07, 6.45) is 0. The second-order valence-electron chi connectivity index (χ2n) is 7.04. The molecule has 0 aliphatic carbocycles. The van der Waals surface area contributed by atoms with Crippen LogP contribution >= 0.6 is 11.8 Å². The minimum atomic E-state index is -0.491. The Morgan fingerprint density at radius 1 is 0.906 bits per heavy atom. The highest BCUT2D eigenvalue weighted by Crippen LogP contribution is 2.36. The predicted molar refractivity (Wildman–Crippen MR) is 128 cm³/mol. The molecule has 0 bridgehead atoms. The molecule has 0 fully saturated rings. The van der Waals surface area contributed by atoms with Gasteiger partial charge in [-0.25, -0.2) is 9.78 Å². The van der Waals surface area contributed by atoms with Crippen LogP contribution in [0, 0.1) is 0 Å². The van der Waals surface area contributed by atoms with Crippen LogP contribution in [0.1, 0.15) is 28.1 Å². The van der Waals surface area contributed by atoms with Gasteiger partial charge in [0.05, 0.1) is 22.7 Å². The number of fused-ring (bicyclic) bond motifs is 1. The lowest BCUT2D eigenvalue weighted by molar-refractivity contribution is -0.115. The molecule has 32 heavy (non-hydrogen) atoms. The van der Waals surface area contributed by atoms with Gasteiger partial charge >= 0.3 is 5.97 Å². The molecule has 1 N–H and O–H groups in total. The maximum atomic E-state index is 13.3. The van der Waals surface area contributed by atoms with Crippen LogP contribution in [-0.2, 0) is 9.53 Å². The van der Waals surface area contributed by atoms with Crippen LogP contribution < -0.4 is 5.32 Å². The van der Waals surface area contributed by atoms with Crippen LogP contribution in [0.4, 0.5) is 5.69 Å². The van der Waals surface area contributed by atoms with Gasteiger partial charge in [-0.1, -0.05) is 66.4 Å². The Morgan fingerprint density at radius 3 is 2.38 bits per heavy atom. The van der Waals surface area contributed by atoms with Gasteiger partial charge in [-0.05, 0) is 48.9 Å². The number of carbonyl (C=O) groups excluding carboxylic acids is 2. The number of pyridine rings is 1. The second-order valence-corrected chi connectivity index (χ2v) is 8.16. The number of nitrogens with zero attached hydrogens (tertiary/aromatic N) is 1. The van der Waals surface area contributed by atoms with E-state index < -0.39 is 5.25 Å². The van der Waals surface area contributed by atoms with Crippen molar-refractivity contribution in [3.8, 4) is 0 Å². The maximum absolute atomic E-state index is 13.3. The molecule has 4 aromatic rings. The highest BCUT2D eigenvalue weighted by atomic mass is 32.2. The number of amides is 1. The number of esters is 1. The van der Waals surface area contributed by atoms with Gasteiger partial charge in [-0.2, -0.15) is 0 Å². The van der Waals surface area contributed by atoms with Crippen LogP contribution in [0.2, 0.25) is 0 Å². The minimum absolute atomic E-state index is 0.167. The molecule has 0 radical (unpaired) electrons. The molecule has 3 aromatic carbocycles. The molecule has 1 aromatic heterocycles. The van der Waals surface area contributed by atoms with Crippen molar-refractivity contribution in [1.29, 1.82) is 0 Å². The van der Waals surface area contributed by atoms with Gasteiger partial charge in [0.25, 0.3) is 0 Å². The van der Waals surface area contributed by atoms with Crippen molar-refractivity contribution in [2.45, 2.75) is 17.2 Å². The molecule has 1 amide bonds. The van der Waals surface area contributed by atoms with E-state index in [1.807, 2.05) is 66.7 Å². The highest BCUT2D eigenvalue weighted by molar-refractivity contribution is 8.00. The third-order valence-corrected chi connectivity index (χ3v) is 6.01. The van der Waals surface area contributed by atoms with Gasteiger partial charge in [0.1, 0.15) is 5.25 Å². The van der Waals surface area contributed by atoms with Crippen LogP contribution in [-0.4, -0.2) is 23.5 Å². The number of rotatable bonds is 7. The molecule has 0 saturated heterocycles. The van der Waals surface area contributed by atoms with Crippen molar-refractivity contribution < 1.29 is 14.3 Å². The summed E-state index contributed by atoms with van der Waals surface area (Å²) in [7, 11) is 0. The highest BCUT2D eigenvalue weighted by Gasteiger charge is 2.23. The molecule has 0 aliphatic heterocycles. The SMILES string of the molecule is CCOC(=O)c1ccc(NC(=O)[C@@H](Sc2ccc3ccccc3n2)c2ccccc2)cc1. The van der Waals surface area contributed by atoms with Crippen LogP contribution in [0.15, 0.2) is 96.0 Å². The Hall–Kier alpha value is -3.64. The van der Waals surface area contributed by atoms with Crippen LogP contribution in [0.25, 0.3) is 10.9 Å². The average Bonchev–Trinajstić information content (AvgIpc) is 2.83. The fraction of sp³-hybridized carbons (Fsp3) is 0.115. The molecule has 1 heterocycles. The van der Waals surface area contributed by atoms with Crippen molar-refractivity contribution in [2.24, 2.45) is 0 Å². The van der Waals surface area contributed by atoms with Gasteiger partial charge in [-0.15, -0.1) is 0 Å². The first-order valence-corrected chi connectivity index (χ1v) is 11.2. The van der Waals surface area contributed by atoms with Crippen molar-refractivity contribution >= 4 is 40.2 Å². The molecule has 0 saturated carbocycles. The molecule has 160 valence electrons. The van der Waals surface area contributed by atoms with E-state index in [4.69, 9.17) is 9.72 Å². The number of anilines is 1. The number of benzene rings is 3. The molecular formula is C26H22N2O3S. The minimum Gasteiger partial charge on any atom is -0.462 e. The Labute approximate surface area is 190 Å². The largest absolute Gasteiger partial charge is 0.462 e. The Kier molecular flexibility index (Phi) is 6.82. The van der Waals surface area contributed by atoms with Gasteiger partial charge in [0.2, 0.25) is 5.91 Å². The zero-order valence-electron chi connectivity index (χ0n) is 17.5. The van der Waals surface area contributed by atoms with Crippen molar-refractivity contribution in [2.75, 3.05) is 11.9 Å². The Morgan fingerprint density at radius 2 is 1.62 bits per heavy atom. The second kappa shape index (κ2) is 10.1. The normalized spacial score (nSPS) is 11.7. The smallest absolute Gasteiger partial charge is 0.338 e. The summed E-state index contributed by atoms with van der Waals surface area (Å²) in [6.45, 7) is 2.08. The third kappa shape index (κ3) is 5.15. The molecule has 1 atom stereocenters. The zero-order valence-corrected chi connectivity index (χ0v) is 18.3. The number of thioether (sulfide) groups is 1.